The summed E-state index contributed by atoms with van der Waals surface area (Å²) in [7, 11) is 0. The lowest BCUT2D eigenvalue weighted by atomic mass is 10.1. The van der Waals surface area contributed by atoms with Crippen LogP contribution in [-0.2, 0) is 12.2 Å². The summed E-state index contributed by atoms with van der Waals surface area (Å²) in [5, 5.41) is 0. The molecule has 1 aliphatic rings. The Hall–Kier alpha value is -0.780. The van der Waals surface area contributed by atoms with Crippen molar-refractivity contribution in [3.63, 3.8) is 0 Å². The predicted octanol–water partition coefficient (Wildman–Crippen LogP) is 4.11. The number of nitrogens with two attached hydrogens (primary N) is 1. The summed E-state index contributed by atoms with van der Waals surface area (Å²) in [6.07, 6.45) is 1.08. The molecule has 2 nitrogen and oxygen atoms in total. The molecule has 1 aliphatic heterocycles. The molecule has 3 rings (SSSR count). The van der Waals surface area contributed by atoms with Gasteiger partial charge in [-0.2, -0.15) is 11.8 Å². The quantitative estimate of drug-likeness (QED) is 0.652. The van der Waals surface area contributed by atoms with Gasteiger partial charge in [0.05, 0.1) is 4.88 Å². The molecule has 2 aromatic rings. The lowest BCUT2D eigenvalue weighted by Crippen LogP contribution is -2.00. The van der Waals surface area contributed by atoms with Gasteiger partial charge in [-0.15, -0.1) is 11.3 Å². The third-order valence-corrected chi connectivity index (χ3v) is 5.99. The second-order valence-electron chi connectivity index (χ2n) is 4.43. The maximum absolute atomic E-state index is 12.5. The number of fused-ring (bicyclic) bond motifs is 1. The fourth-order valence-electron chi connectivity index (χ4n) is 2.11. The zero-order valence-electron chi connectivity index (χ0n) is 10.1. The van der Waals surface area contributed by atoms with Gasteiger partial charge in [0.2, 0.25) is 5.78 Å². The van der Waals surface area contributed by atoms with Crippen molar-refractivity contribution >= 4 is 50.5 Å². The van der Waals surface area contributed by atoms with Crippen LogP contribution >= 0.6 is 39.0 Å². The molecular weight excluding hydrogens is 342 g/mol. The second kappa shape index (κ2) is 5.31. The summed E-state index contributed by atoms with van der Waals surface area (Å²) in [6, 6.07) is 7.38. The number of benzene rings is 1. The lowest BCUT2D eigenvalue weighted by Gasteiger charge is -2.08. The molecule has 2 heterocycles. The highest BCUT2D eigenvalue weighted by Crippen LogP contribution is 2.33. The van der Waals surface area contributed by atoms with Crippen molar-refractivity contribution < 1.29 is 4.79 Å². The minimum absolute atomic E-state index is 0.0799. The third kappa shape index (κ3) is 2.59. The van der Waals surface area contributed by atoms with Crippen molar-refractivity contribution in [1.82, 2.24) is 0 Å². The van der Waals surface area contributed by atoms with E-state index < -0.39 is 0 Å². The molecule has 1 aromatic carbocycles. The van der Waals surface area contributed by atoms with Crippen LogP contribution in [0.25, 0.3) is 0 Å². The Morgan fingerprint density at radius 2 is 2.16 bits per heavy atom. The molecule has 5 heteroatoms. The predicted molar refractivity (Wildman–Crippen MR) is 86.2 cm³/mol. The highest BCUT2D eigenvalue weighted by atomic mass is 79.9. The van der Waals surface area contributed by atoms with E-state index in [1.54, 1.807) is 29.5 Å². The number of carbonyl (C=O) groups excluding carboxylic acids is 1. The Balaban J connectivity index is 1.97. The zero-order valence-corrected chi connectivity index (χ0v) is 13.3. The number of anilines is 1. The van der Waals surface area contributed by atoms with E-state index in [1.807, 2.05) is 11.8 Å². The van der Waals surface area contributed by atoms with Gasteiger partial charge in [0.15, 0.2) is 0 Å². The number of hydrogen-bond donors (Lipinski definition) is 1. The van der Waals surface area contributed by atoms with Crippen molar-refractivity contribution in [1.29, 1.82) is 0 Å². The average Bonchev–Trinajstić information content (AvgIpc) is 2.81. The van der Waals surface area contributed by atoms with Crippen LogP contribution < -0.4 is 5.73 Å². The van der Waals surface area contributed by atoms with Crippen molar-refractivity contribution in [2.75, 3.05) is 11.5 Å². The van der Waals surface area contributed by atoms with E-state index in [0.29, 0.717) is 11.3 Å². The Labute approximate surface area is 128 Å². The molecule has 0 amide bonds. The van der Waals surface area contributed by atoms with E-state index in [1.165, 1.54) is 10.4 Å². The lowest BCUT2D eigenvalue weighted by molar-refractivity contribution is 0.104. The molecule has 0 saturated carbocycles. The van der Waals surface area contributed by atoms with Gasteiger partial charge in [-0.25, -0.2) is 0 Å². The maximum Gasteiger partial charge on any atom is 0.204 e. The molecular formula is C14H12BrNOS2. The molecule has 0 saturated heterocycles. The Morgan fingerprint density at radius 1 is 1.32 bits per heavy atom. The highest BCUT2D eigenvalue weighted by molar-refractivity contribution is 9.10. The van der Waals surface area contributed by atoms with E-state index in [9.17, 15) is 4.79 Å². The van der Waals surface area contributed by atoms with E-state index in [0.717, 1.165) is 27.3 Å². The van der Waals surface area contributed by atoms with E-state index >= 15 is 0 Å². The van der Waals surface area contributed by atoms with E-state index in [2.05, 4.69) is 22.0 Å². The Morgan fingerprint density at radius 3 is 2.89 bits per heavy atom. The third-order valence-electron chi connectivity index (χ3n) is 3.09. The van der Waals surface area contributed by atoms with Gasteiger partial charge in [-0.3, -0.25) is 4.79 Å². The number of halogens is 1. The van der Waals surface area contributed by atoms with Crippen molar-refractivity contribution in [2.45, 2.75) is 12.2 Å². The molecule has 98 valence electrons. The van der Waals surface area contributed by atoms with Crippen molar-refractivity contribution in [2.24, 2.45) is 0 Å². The Bertz CT molecular complexity index is 627. The zero-order chi connectivity index (χ0) is 13.4. The van der Waals surface area contributed by atoms with E-state index in [4.69, 9.17) is 5.73 Å². The van der Waals surface area contributed by atoms with Crippen LogP contribution in [0.15, 0.2) is 28.7 Å². The smallest absolute Gasteiger partial charge is 0.204 e. The van der Waals surface area contributed by atoms with Crippen LogP contribution in [0.4, 0.5) is 5.69 Å². The van der Waals surface area contributed by atoms with Crippen LogP contribution in [0.5, 0.6) is 0 Å². The Kier molecular flexibility index (Phi) is 3.69. The minimum atomic E-state index is 0.0799. The molecule has 0 bridgehead atoms. The van der Waals surface area contributed by atoms with Crippen molar-refractivity contribution in [3.05, 3.63) is 49.6 Å². The first-order chi connectivity index (χ1) is 9.15. The molecule has 0 fully saturated rings. The maximum atomic E-state index is 12.5. The molecule has 0 aliphatic carbocycles. The van der Waals surface area contributed by atoms with Crippen LogP contribution in [-0.4, -0.2) is 11.5 Å². The highest BCUT2D eigenvalue weighted by Gasteiger charge is 2.19. The summed E-state index contributed by atoms with van der Waals surface area (Å²) in [6.45, 7) is 0. The van der Waals surface area contributed by atoms with Gasteiger partial charge < -0.3 is 5.73 Å². The van der Waals surface area contributed by atoms with Crippen LogP contribution in [0.1, 0.15) is 25.7 Å². The topological polar surface area (TPSA) is 43.1 Å². The fourth-order valence-corrected chi connectivity index (χ4v) is 5.01. The molecule has 19 heavy (non-hydrogen) atoms. The number of thiophene rings is 1. The van der Waals surface area contributed by atoms with Gasteiger partial charge in [-0.1, -0.05) is 0 Å². The van der Waals surface area contributed by atoms with Gasteiger partial charge >= 0.3 is 0 Å². The average molecular weight is 354 g/mol. The molecule has 0 unspecified atom stereocenters. The first kappa shape index (κ1) is 13.2. The first-order valence-corrected chi connectivity index (χ1v) is 8.70. The summed E-state index contributed by atoms with van der Waals surface area (Å²) >= 11 is 6.99. The van der Waals surface area contributed by atoms with E-state index in [-0.39, 0.29) is 5.78 Å². The standard InChI is InChI=1S/C14H12BrNOS2/c15-11-6-9(16)1-2-10(11)14(17)13-5-8-7-18-4-3-12(8)19-13/h1-2,5-6H,3-4,7,16H2. The SMILES string of the molecule is Nc1ccc(C(=O)c2cc3c(s2)CCSC3)c(Br)c1. The monoisotopic (exact) mass is 353 g/mol. The van der Waals surface area contributed by atoms with Crippen LogP contribution in [0, 0.1) is 0 Å². The number of ketones is 1. The number of aryl methyl sites for hydroxylation is 1. The van der Waals surface area contributed by atoms with Gasteiger partial charge in [0.25, 0.3) is 0 Å². The molecule has 0 atom stereocenters. The second-order valence-corrected chi connectivity index (χ2v) is 7.53. The van der Waals surface area contributed by atoms with Gasteiger partial charge in [0.1, 0.15) is 0 Å². The number of thioether (sulfide) groups is 1. The molecule has 0 spiro atoms. The summed E-state index contributed by atoms with van der Waals surface area (Å²) < 4.78 is 0.762. The summed E-state index contributed by atoms with van der Waals surface area (Å²) in [4.78, 5) is 14.7. The van der Waals surface area contributed by atoms with Crippen LogP contribution in [0.2, 0.25) is 0 Å². The normalized spacial score (nSPS) is 14.2. The summed E-state index contributed by atoms with van der Waals surface area (Å²) in [5.74, 6) is 2.27. The number of carbonyl (C=O) groups is 1. The van der Waals surface area contributed by atoms with Crippen LogP contribution in [0.3, 0.4) is 0 Å². The first-order valence-electron chi connectivity index (χ1n) is 5.94. The molecule has 1 aromatic heterocycles. The number of rotatable bonds is 2. The minimum Gasteiger partial charge on any atom is -0.399 e. The largest absolute Gasteiger partial charge is 0.399 e. The van der Waals surface area contributed by atoms with Gasteiger partial charge in [0, 0.05) is 26.4 Å². The number of nitrogen functional groups attached to an aromatic ring is 1. The number of hydrogen-bond acceptors (Lipinski definition) is 4. The van der Waals surface area contributed by atoms with Gasteiger partial charge in [-0.05, 0) is 57.9 Å². The summed E-state index contributed by atoms with van der Waals surface area (Å²) in [5.41, 5.74) is 8.37. The molecule has 0 radical (unpaired) electrons. The molecule has 2 N–H and O–H groups in total. The fraction of sp³-hybridized carbons (Fsp3) is 0.214. The van der Waals surface area contributed by atoms with Crippen molar-refractivity contribution in [3.8, 4) is 0 Å².